The lowest BCUT2D eigenvalue weighted by atomic mass is 9.89. The van der Waals surface area contributed by atoms with E-state index in [0.717, 1.165) is 11.5 Å². The minimum Gasteiger partial charge on any atom is -0.400 e. The van der Waals surface area contributed by atoms with Crippen molar-refractivity contribution in [3.8, 4) is 0 Å². The van der Waals surface area contributed by atoms with Crippen LogP contribution in [0.15, 0.2) is 24.2 Å². The van der Waals surface area contributed by atoms with E-state index in [-0.39, 0.29) is 18.3 Å². The van der Waals surface area contributed by atoms with Crippen molar-refractivity contribution in [2.45, 2.75) is 58.8 Å². The Bertz CT molecular complexity index is 511. The molecule has 0 aliphatic carbocycles. The van der Waals surface area contributed by atoms with Crippen LogP contribution in [0.2, 0.25) is 0 Å². The molecule has 0 bridgehead atoms. The zero-order valence-corrected chi connectivity index (χ0v) is 13.8. The first-order valence-electron chi connectivity index (χ1n) is 7.47. The second kappa shape index (κ2) is 5.81. The molecule has 0 spiro atoms. The van der Waals surface area contributed by atoms with Gasteiger partial charge in [0.15, 0.2) is 0 Å². The van der Waals surface area contributed by atoms with Crippen molar-refractivity contribution in [3.63, 3.8) is 0 Å². The van der Waals surface area contributed by atoms with Crippen LogP contribution in [0.5, 0.6) is 0 Å². The molecule has 1 aromatic rings. The van der Waals surface area contributed by atoms with Gasteiger partial charge in [-0.3, -0.25) is 0 Å². The van der Waals surface area contributed by atoms with Crippen LogP contribution in [0.3, 0.4) is 0 Å². The Kier molecular flexibility index (Phi) is 4.44. The van der Waals surface area contributed by atoms with Crippen LogP contribution < -0.4 is 5.32 Å². The standard InChI is InChI=1S/C16H25BN2O2/c1-12(2)18-14-9-7-8-13(19-14)10-11-17-20-15(3,4)16(5,6)21-17/h7-12H,1-6H3,(H,18,19)/b11-10+. The Labute approximate surface area is 128 Å². The highest BCUT2D eigenvalue weighted by atomic mass is 16.7. The highest BCUT2D eigenvalue weighted by Gasteiger charge is 2.49. The maximum atomic E-state index is 5.93. The summed E-state index contributed by atoms with van der Waals surface area (Å²) in [4.78, 5) is 4.54. The van der Waals surface area contributed by atoms with Crippen molar-refractivity contribution in [1.82, 2.24) is 4.98 Å². The molecule has 0 aromatic carbocycles. The second-order valence-electron chi connectivity index (χ2n) is 6.73. The van der Waals surface area contributed by atoms with Gasteiger partial charge in [-0.2, -0.15) is 0 Å². The molecular weight excluding hydrogens is 263 g/mol. The number of anilines is 1. The molecule has 0 atom stereocenters. The second-order valence-corrected chi connectivity index (χ2v) is 6.73. The molecule has 0 radical (unpaired) electrons. The summed E-state index contributed by atoms with van der Waals surface area (Å²) in [5.74, 6) is 2.79. The summed E-state index contributed by atoms with van der Waals surface area (Å²) in [7, 11) is -0.335. The first-order chi connectivity index (χ1) is 9.69. The molecule has 0 saturated carbocycles. The molecular formula is C16H25BN2O2. The average molecular weight is 288 g/mol. The van der Waals surface area contributed by atoms with Crippen molar-refractivity contribution in [2.24, 2.45) is 0 Å². The topological polar surface area (TPSA) is 43.4 Å². The summed E-state index contributed by atoms with van der Waals surface area (Å²) in [5.41, 5.74) is 0.267. The molecule has 0 unspecified atom stereocenters. The van der Waals surface area contributed by atoms with Crippen molar-refractivity contribution < 1.29 is 9.31 Å². The van der Waals surface area contributed by atoms with E-state index >= 15 is 0 Å². The van der Waals surface area contributed by atoms with Gasteiger partial charge in [0.1, 0.15) is 5.82 Å². The molecule has 2 heterocycles. The van der Waals surface area contributed by atoms with Gasteiger partial charge in [-0.15, -0.1) is 0 Å². The largest absolute Gasteiger partial charge is 0.487 e. The molecule has 1 N–H and O–H groups in total. The highest BCUT2D eigenvalue weighted by molar-refractivity contribution is 6.52. The maximum absolute atomic E-state index is 5.93. The smallest absolute Gasteiger partial charge is 0.400 e. The number of aromatic nitrogens is 1. The first-order valence-corrected chi connectivity index (χ1v) is 7.47. The van der Waals surface area contributed by atoms with Gasteiger partial charge in [0.25, 0.3) is 0 Å². The van der Waals surface area contributed by atoms with Gasteiger partial charge < -0.3 is 14.6 Å². The van der Waals surface area contributed by atoms with Gasteiger partial charge in [-0.05, 0) is 59.8 Å². The van der Waals surface area contributed by atoms with Gasteiger partial charge in [0.2, 0.25) is 0 Å². The highest BCUT2D eigenvalue weighted by Crippen LogP contribution is 2.36. The van der Waals surface area contributed by atoms with Crippen molar-refractivity contribution in [1.29, 1.82) is 0 Å². The predicted molar refractivity (Wildman–Crippen MR) is 88.1 cm³/mol. The van der Waals surface area contributed by atoms with Crippen LogP contribution in [0.1, 0.15) is 47.2 Å². The number of hydrogen-bond acceptors (Lipinski definition) is 4. The van der Waals surface area contributed by atoms with E-state index in [0.29, 0.717) is 6.04 Å². The molecule has 2 rings (SSSR count). The van der Waals surface area contributed by atoms with Gasteiger partial charge >= 0.3 is 7.12 Å². The minimum atomic E-state index is -0.335. The number of nitrogens with one attached hydrogen (secondary N) is 1. The van der Waals surface area contributed by atoms with Crippen molar-refractivity contribution in [3.05, 3.63) is 29.9 Å². The summed E-state index contributed by atoms with van der Waals surface area (Å²) < 4.78 is 11.9. The molecule has 5 heteroatoms. The fourth-order valence-corrected chi connectivity index (χ4v) is 2.06. The third kappa shape index (κ3) is 3.86. The molecule has 1 aliphatic heterocycles. The maximum Gasteiger partial charge on any atom is 0.487 e. The Hall–Kier alpha value is -1.33. The Balaban J connectivity index is 2.05. The summed E-state index contributed by atoms with van der Waals surface area (Å²) in [6.45, 7) is 12.4. The van der Waals surface area contributed by atoms with E-state index in [1.807, 2.05) is 57.9 Å². The summed E-state index contributed by atoms with van der Waals surface area (Å²) in [5, 5.41) is 3.29. The minimum absolute atomic E-state index is 0.309. The molecule has 1 fully saturated rings. The van der Waals surface area contributed by atoms with Crippen LogP contribution in [0.4, 0.5) is 5.82 Å². The van der Waals surface area contributed by atoms with E-state index in [2.05, 4.69) is 24.1 Å². The van der Waals surface area contributed by atoms with Crippen molar-refractivity contribution in [2.75, 3.05) is 5.32 Å². The quantitative estimate of drug-likeness (QED) is 0.860. The van der Waals surface area contributed by atoms with Gasteiger partial charge in [-0.25, -0.2) is 4.98 Å². The molecule has 1 aliphatic rings. The monoisotopic (exact) mass is 288 g/mol. The normalized spacial score (nSPS) is 20.4. The predicted octanol–water partition coefficient (Wildman–Crippen LogP) is 3.55. The average Bonchev–Trinajstić information content (AvgIpc) is 2.55. The number of nitrogens with zero attached hydrogens (tertiary/aromatic N) is 1. The van der Waals surface area contributed by atoms with Crippen LogP contribution in [0.25, 0.3) is 6.08 Å². The summed E-state index contributed by atoms with van der Waals surface area (Å²) >= 11 is 0. The van der Waals surface area contributed by atoms with Crippen LogP contribution in [-0.4, -0.2) is 29.3 Å². The van der Waals surface area contributed by atoms with Gasteiger partial charge in [0, 0.05) is 6.04 Å². The molecule has 114 valence electrons. The first kappa shape index (κ1) is 16.1. The Morgan fingerprint density at radius 2 is 1.76 bits per heavy atom. The van der Waals surface area contributed by atoms with Gasteiger partial charge in [-0.1, -0.05) is 12.0 Å². The molecule has 1 aromatic heterocycles. The molecule has 21 heavy (non-hydrogen) atoms. The molecule has 1 saturated heterocycles. The number of rotatable bonds is 4. The van der Waals surface area contributed by atoms with E-state index in [4.69, 9.17) is 9.31 Å². The summed E-state index contributed by atoms with van der Waals surface area (Å²) in [6, 6.07) is 6.28. The fourth-order valence-electron chi connectivity index (χ4n) is 2.06. The SMILES string of the molecule is CC(C)Nc1cccc(/C=C/B2OC(C)(C)C(C)(C)O2)n1. The zero-order chi connectivity index (χ0) is 15.7. The van der Waals surface area contributed by atoms with Gasteiger partial charge in [0.05, 0.1) is 16.9 Å². The van der Waals surface area contributed by atoms with E-state index < -0.39 is 0 Å². The lowest BCUT2D eigenvalue weighted by Crippen LogP contribution is -2.41. The van der Waals surface area contributed by atoms with E-state index in [1.165, 1.54) is 0 Å². The zero-order valence-electron chi connectivity index (χ0n) is 13.8. The van der Waals surface area contributed by atoms with E-state index in [9.17, 15) is 0 Å². The van der Waals surface area contributed by atoms with Crippen molar-refractivity contribution >= 4 is 19.0 Å². The molecule has 0 amide bonds. The van der Waals surface area contributed by atoms with Crippen LogP contribution in [-0.2, 0) is 9.31 Å². The van der Waals surface area contributed by atoms with Crippen LogP contribution in [0, 0.1) is 0 Å². The van der Waals surface area contributed by atoms with E-state index in [1.54, 1.807) is 0 Å². The lowest BCUT2D eigenvalue weighted by Gasteiger charge is -2.32. The molecule has 4 nitrogen and oxygen atoms in total. The Morgan fingerprint density at radius 1 is 1.14 bits per heavy atom. The number of hydrogen-bond donors (Lipinski definition) is 1. The van der Waals surface area contributed by atoms with Crippen LogP contribution >= 0.6 is 0 Å². The third-order valence-corrected chi connectivity index (χ3v) is 3.90. The Morgan fingerprint density at radius 3 is 2.33 bits per heavy atom. The third-order valence-electron chi connectivity index (χ3n) is 3.90. The summed E-state index contributed by atoms with van der Waals surface area (Å²) in [6.07, 6.45) is 1.94. The lowest BCUT2D eigenvalue weighted by molar-refractivity contribution is 0.00578. The number of pyridine rings is 1. The fraction of sp³-hybridized carbons (Fsp3) is 0.562.